The molecule has 0 aromatic heterocycles. The molecule has 0 unspecified atom stereocenters. The Bertz CT molecular complexity index is 499. The minimum atomic E-state index is -3.03. The molecule has 0 aliphatic carbocycles. The van der Waals surface area contributed by atoms with E-state index in [1.165, 1.54) is 18.4 Å². The molecule has 1 rings (SSSR count). The lowest BCUT2D eigenvalue weighted by atomic mass is 9.82. The van der Waals surface area contributed by atoms with Crippen molar-refractivity contribution in [2.45, 2.75) is 11.8 Å². The van der Waals surface area contributed by atoms with Crippen LogP contribution in [-0.4, -0.2) is 31.1 Å². The fraction of sp³-hybridized carbons (Fsp3) is 0.500. The van der Waals surface area contributed by atoms with Crippen molar-refractivity contribution in [3.05, 3.63) is 35.6 Å². The molecular weight excluding hydrogens is 387 g/mol. The van der Waals surface area contributed by atoms with E-state index >= 15 is 0 Å². The van der Waals surface area contributed by atoms with Gasteiger partial charge in [0.05, 0.1) is 5.75 Å². The Morgan fingerprint density at radius 3 is 2.33 bits per heavy atom. The second-order valence-corrected chi connectivity index (χ2v) is 7.82. The van der Waals surface area contributed by atoms with Crippen molar-refractivity contribution >= 4 is 41.7 Å². The molecule has 0 amide bonds. The van der Waals surface area contributed by atoms with Crippen LogP contribution in [0.25, 0.3) is 0 Å². The Kier molecular flexibility index (Phi) is 5.80. The molecule has 0 fully saturated rings. The summed E-state index contributed by atoms with van der Waals surface area (Å²) >= 11 is 6.83. The lowest BCUT2D eigenvalue weighted by molar-refractivity contribution is 0.519. The third-order valence-electron chi connectivity index (χ3n) is 2.90. The molecule has 0 heterocycles. The molecule has 0 bridgehead atoms. The molecule has 0 aliphatic heterocycles. The zero-order chi connectivity index (χ0) is 13.8. The number of hydrogen-bond acceptors (Lipinski definition) is 2. The van der Waals surface area contributed by atoms with Gasteiger partial charge in [-0.15, -0.1) is 0 Å². The van der Waals surface area contributed by atoms with E-state index in [0.29, 0.717) is 17.1 Å². The molecule has 0 saturated carbocycles. The maximum absolute atomic E-state index is 13.3. The average molecular weight is 402 g/mol. The van der Waals surface area contributed by atoms with Crippen LogP contribution in [-0.2, 0) is 15.3 Å². The van der Waals surface area contributed by atoms with Crippen molar-refractivity contribution in [3.8, 4) is 0 Å². The lowest BCUT2D eigenvalue weighted by Crippen LogP contribution is -2.32. The van der Waals surface area contributed by atoms with E-state index in [4.69, 9.17) is 0 Å². The van der Waals surface area contributed by atoms with Crippen LogP contribution in [0.15, 0.2) is 24.3 Å². The zero-order valence-corrected chi connectivity index (χ0v) is 14.0. The highest BCUT2D eigenvalue weighted by atomic mass is 79.9. The molecule has 6 heteroatoms. The second kappa shape index (κ2) is 6.48. The highest BCUT2D eigenvalue weighted by molar-refractivity contribution is 9.09. The van der Waals surface area contributed by atoms with Crippen LogP contribution in [0.5, 0.6) is 0 Å². The summed E-state index contributed by atoms with van der Waals surface area (Å²) in [7, 11) is -3.03. The van der Waals surface area contributed by atoms with Gasteiger partial charge in [-0.1, -0.05) is 44.0 Å². The first kappa shape index (κ1) is 16.1. The largest absolute Gasteiger partial charge is 0.229 e. The van der Waals surface area contributed by atoms with Gasteiger partial charge < -0.3 is 0 Å². The van der Waals surface area contributed by atoms with E-state index < -0.39 is 15.3 Å². The minimum absolute atomic E-state index is 0.0840. The molecule has 0 atom stereocenters. The maximum Gasteiger partial charge on any atom is 0.147 e. The standard InChI is InChI=1S/C12H15Br2FO2S/c1-18(16,17)6-5-12(8-13,9-14)10-3-2-4-11(15)7-10/h2-4,7H,5-6,8-9H2,1H3. The monoisotopic (exact) mass is 400 g/mol. The molecule has 0 aliphatic rings. The number of hydrogen-bond donors (Lipinski definition) is 0. The van der Waals surface area contributed by atoms with Gasteiger partial charge in [0.2, 0.25) is 0 Å². The van der Waals surface area contributed by atoms with Gasteiger partial charge in [0.1, 0.15) is 15.7 Å². The summed E-state index contributed by atoms with van der Waals surface area (Å²) in [4.78, 5) is 0. The van der Waals surface area contributed by atoms with Gasteiger partial charge in [-0.25, -0.2) is 12.8 Å². The number of alkyl halides is 2. The Morgan fingerprint density at radius 1 is 1.28 bits per heavy atom. The smallest absolute Gasteiger partial charge is 0.147 e. The fourth-order valence-electron chi connectivity index (χ4n) is 1.67. The third kappa shape index (κ3) is 4.31. The van der Waals surface area contributed by atoms with Crippen molar-refractivity contribution in [1.29, 1.82) is 0 Å². The molecule has 18 heavy (non-hydrogen) atoms. The first-order valence-corrected chi connectivity index (χ1v) is 9.69. The Labute approximate surface area is 124 Å². The minimum Gasteiger partial charge on any atom is -0.229 e. The molecule has 1 aromatic carbocycles. The number of benzene rings is 1. The van der Waals surface area contributed by atoms with Gasteiger partial charge in [-0.2, -0.15) is 0 Å². The SMILES string of the molecule is CS(=O)(=O)CCC(CBr)(CBr)c1cccc(F)c1. The Balaban J connectivity index is 3.07. The van der Waals surface area contributed by atoms with Crippen molar-refractivity contribution in [2.75, 3.05) is 22.7 Å². The van der Waals surface area contributed by atoms with E-state index in [-0.39, 0.29) is 11.6 Å². The number of halogens is 3. The van der Waals surface area contributed by atoms with Gasteiger partial charge in [0, 0.05) is 22.3 Å². The van der Waals surface area contributed by atoms with E-state index in [9.17, 15) is 12.8 Å². The van der Waals surface area contributed by atoms with Gasteiger partial charge in [0.15, 0.2) is 0 Å². The lowest BCUT2D eigenvalue weighted by Gasteiger charge is -2.30. The van der Waals surface area contributed by atoms with Crippen molar-refractivity contribution in [1.82, 2.24) is 0 Å². The normalized spacial score (nSPS) is 12.7. The summed E-state index contributed by atoms with van der Waals surface area (Å²) in [6.07, 6.45) is 1.66. The summed E-state index contributed by atoms with van der Waals surface area (Å²) in [5, 5.41) is 1.15. The molecule has 0 radical (unpaired) electrons. The first-order chi connectivity index (χ1) is 8.33. The van der Waals surface area contributed by atoms with Gasteiger partial charge in [-0.3, -0.25) is 0 Å². The molecule has 0 saturated heterocycles. The number of sulfone groups is 1. The predicted molar refractivity (Wildman–Crippen MR) is 80.0 cm³/mol. The first-order valence-electron chi connectivity index (χ1n) is 5.39. The number of rotatable bonds is 6. The van der Waals surface area contributed by atoms with E-state index in [1.54, 1.807) is 6.07 Å². The third-order valence-corrected chi connectivity index (χ3v) is 5.99. The van der Waals surface area contributed by atoms with Crippen molar-refractivity contribution < 1.29 is 12.8 Å². The Morgan fingerprint density at radius 2 is 1.89 bits per heavy atom. The summed E-state index contributed by atoms with van der Waals surface area (Å²) in [5.41, 5.74) is 0.394. The Hall–Kier alpha value is 0.0600. The molecule has 0 N–H and O–H groups in total. The highest BCUT2D eigenvalue weighted by Crippen LogP contribution is 2.33. The summed E-state index contributed by atoms with van der Waals surface area (Å²) in [6.45, 7) is 0. The molecule has 2 nitrogen and oxygen atoms in total. The van der Waals surface area contributed by atoms with Gasteiger partial charge in [0.25, 0.3) is 0 Å². The van der Waals surface area contributed by atoms with E-state index in [1.807, 2.05) is 6.07 Å². The summed E-state index contributed by atoms with van der Waals surface area (Å²) < 4.78 is 35.9. The van der Waals surface area contributed by atoms with Crippen molar-refractivity contribution in [3.63, 3.8) is 0 Å². The van der Waals surface area contributed by atoms with Gasteiger partial charge >= 0.3 is 0 Å². The van der Waals surface area contributed by atoms with Crippen LogP contribution in [0.2, 0.25) is 0 Å². The van der Waals surface area contributed by atoms with Crippen LogP contribution >= 0.6 is 31.9 Å². The molecular formula is C12H15Br2FO2S. The molecule has 0 spiro atoms. The predicted octanol–water partition coefficient (Wildman–Crippen LogP) is 3.29. The van der Waals surface area contributed by atoms with Crippen LogP contribution < -0.4 is 0 Å². The summed E-state index contributed by atoms with van der Waals surface area (Å²) in [5.74, 6) is -0.223. The van der Waals surface area contributed by atoms with Crippen LogP contribution in [0, 0.1) is 5.82 Å². The molecule has 102 valence electrons. The van der Waals surface area contributed by atoms with Crippen LogP contribution in [0.4, 0.5) is 4.39 Å². The topological polar surface area (TPSA) is 34.1 Å². The zero-order valence-electron chi connectivity index (χ0n) is 10.00. The van der Waals surface area contributed by atoms with E-state index in [2.05, 4.69) is 31.9 Å². The quantitative estimate of drug-likeness (QED) is 0.685. The van der Waals surface area contributed by atoms with Crippen LogP contribution in [0.3, 0.4) is 0 Å². The van der Waals surface area contributed by atoms with Crippen molar-refractivity contribution in [2.24, 2.45) is 0 Å². The average Bonchev–Trinajstić information content (AvgIpc) is 2.30. The van der Waals surface area contributed by atoms with Gasteiger partial charge in [-0.05, 0) is 24.1 Å². The highest BCUT2D eigenvalue weighted by Gasteiger charge is 2.31. The fourth-order valence-corrected chi connectivity index (χ4v) is 4.57. The van der Waals surface area contributed by atoms with Crippen LogP contribution in [0.1, 0.15) is 12.0 Å². The van der Waals surface area contributed by atoms with E-state index in [0.717, 1.165) is 5.56 Å². The summed E-state index contributed by atoms with van der Waals surface area (Å²) in [6, 6.07) is 6.32. The maximum atomic E-state index is 13.3. The molecule has 1 aromatic rings. The second-order valence-electron chi connectivity index (χ2n) is 4.44.